The van der Waals surface area contributed by atoms with Gasteiger partial charge in [0.25, 0.3) is 5.91 Å². The second-order valence-corrected chi connectivity index (χ2v) is 4.67. The van der Waals surface area contributed by atoms with Gasteiger partial charge in [0.15, 0.2) is 5.78 Å². The molecule has 1 amide bonds. The summed E-state index contributed by atoms with van der Waals surface area (Å²) in [4.78, 5) is 23.5. The third-order valence-corrected chi connectivity index (χ3v) is 3.03. The Balaban J connectivity index is 2.25. The second-order valence-electron chi connectivity index (χ2n) is 4.67. The Bertz CT molecular complexity index is 678. The monoisotopic (exact) mass is 268 g/mol. The van der Waals surface area contributed by atoms with Crippen LogP contribution in [0.3, 0.4) is 0 Å². The molecule has 4 nitrogen and oxygen atoms in total. The molecule has 0 saturated heterocycles. The molecule has 0 aliphatic carbocycles. The highest BCUT2D eigenvalue weighted by atomic mass is 16.1. The number of anilines is 2. The van der Waals surface area contributed by atoms with E-state index < -0.39 is 0 Å². The van der Waals surface area contributed by atoms with E-state index in [0.29, 0.717) is 22.5 Å². The van der Waals surface area contributed by atoms with Gasteiger partial charge in [-0.05, 0) is 43.7 Å². The Labute approximate surface area is 117 Å². The topological polar surface area (TPSA) is 72.2 Å². The summed E-state index contributed by atoms with van der Waals surface area (Å²) < 4.78 is 0. The van der Waals surface area contributed by atoms with Gasteiger partial charge in [-0.1, -0.05) is 18.2 Å². The molecule has 0 atom stereocenters. The van der Waals surface area contributed by atoms with Crippen molar-refractivity contribution >= 4 is 23.1 Å². The number of hydrogen-bond acceptors (Lipinski definition) is 3. The van der Waals surface area contributed by atoms with Crippen LogP contribution in [0.5, 0.6) is 0 Å². The third-order valence-electron chi connectivity index (χ3n) is 3.03. The molecule has 0 saturated carbocycles. The van der Waals surface area contributed by atoms with E-state index in [1.807, 2.05) is 6.92 Å². The molecule has 3 N–H and O–H groups in total. The largest absolute Gasteiger partial charge is 0.399 e. The summed E-state index contributed by atoms with van der Waals surface area (Å²) in [6, 6.07) is 12.0. The molecule has 0 radical (unpaired) electrons. The average Bonchev–Trinajstić information content (AvgIpc) is 2.41. The number of hydrogen-bond donors (Lipinski definition) is 2. The van der Waals surface area contributed by atoms with Gasteiger partial charge in [0, 0.05) is 22.5 Å². The fourth-order valence-electron chi connectivity index (χ4n) is 1.90. The number of aryl methyl sites for hydroxylation is 1. The molecule has 0 spiro atoms. The lowest BCUT2D eigenvalue weighted by molar-refractivity contribution is 0.101. The van der Waals surface area contributed by atoms with E-state index in [4.69, 9.17) is 5.73 Å². The van der Waals surface area contributed by atoms with E-state index in [-0.39, 0.29) is 11.7 Å². The smallest absolute Gasteiger partial charge is 0.256 e. The van der Waals surface area contributed by atoms with Gasteiger partial charge in [-0.25, -0.2) is 0 Å². The third kappa shape index (κ3) is 3.03. The van der Waals surface area contributed by atoms with Crippen LogP contribution in [0.25, 0.3) is 0 Å². The van der Waals surface area contributed by atoms with E-state index in [0.717, 1.165) is 5.56 Å². The molecular formula is C16H16N2O2. The van der Waals surface area contributed by atoms with Crippen LogP contribution in [0.1, 0.15) is 33.2 Å². The van der Waals surface area contributed by atoms with E-state index >= 15 is 0 Å². The zero-order chi connectivity index (χ0) is 14.7. The van der Waals surface area contributed by atoms with Crippen LogP contribution < -0.4 is 11.1 Å². The molecule has 20 heavy (non-hydrogen) atoms. The first-order valence-corrected chi connectivity index (χ1v) is 6.26. The van der Waals surface area contributed by atoms with Gasteiger partial charge in [0.05, 0.1) is 0 Å². The van der Waals surface area contributed by atoms with Crippen LogP contribution in [-0.4, -0.2) is 11.7 Å². The van der Waals surface area contributed by atoms with Gasteiger partial charge >= 0.3 is 0 Å². The average molecular weight is 268 g/mol. The number of nitrogens with two attached hydrogens (primary N) is 1. The molecule has 0 bridgehead atoms. The number of nitrogen functional groups attached to an aromatic ring is 1. The highest BCUT2D eigenvalue weighted by molar-refractivity contribution is 6.06. The molecule has 0 unspecified atom stereocenters. The number of benzene rings is 2. The summed E-state index contributed by atoms with van der Waals surface area (Å²) in [5.41, 5.74) is 8.76. The second kappa shape index (κ2) is 5.57. The first kappa shape index (κ1) is 13.8. The van der Waals surface area contributed by atoms with E-state index in [9.17, 15) is 9.59 Å². The van der Waals surface area contributed by atoms with Gasteiger partial charge in [-0.3, -0.25) is 9.59 Å². The summed E-state index contributed by atoms with van der Waals surface area (Å²) >= 11 is 0. The van der Waals surface area contributed by atoms with Gasteiger partial charge in [-0.2, -0.15) is 0 Å². The fourth-order valence-corrected chi connectivity index (χ4v) is 1.90. The number of nitrogens with one attached hydrogen (secondary N) is 1. The number of ketones is 1. The molecule has 4 heteroatoms. The van der Waals surface area contributed by atoms with Crippen molar-refractivity contribution in [2.75, 3.05) is 11.1 Å². The molecule has 2 aromatic carbocycles. The minimum absolute atomic E-state index is 0.0405. The zero-order valence-electron chi connectivity index (χ0n) is 11.4. The minimum Gasteiger partial charge on any atom is -0.399 e. The van der Waals surface area contributed by atoms with Crippen molar-refractivity contribution < 1.29 is 9.59 Å². The molecule has 0 aliphatic heterocycles. The molecule has 2 aromatic rings. The first-order valence-electron chi connectivity index (χ1n) is 6.26. The normalized spacial score (nSPS) is 10.1. The van der Waals surface area contributed by atoms with Crippen LogP contribution in [-0.2, 0) is 0 Å². The van der Waals surface area contributed by atoms with Crippen LogP contribution in [0, 0.1) is 6.92 Å². The maximum atomic E-state index is 12.2. The van der Waals surface area contributed by atoms with Gasteiger partial charge < -0.3 is 11.1 Å². The number of carbonyl (C=O) groups is 2. The predicted octanol–water partition coefficient (Wildman–Crippen LogP) is 3.03. The Kier molecular flexibility index (Phi) is 3.84. The molecule has 2 rings (SSSR count). The van der Waals surface area contributed by atoms with Crippen molar-refractivity contribution in [2.24, 2.45) is 0 Å². The highest BCUT2D eigenvalue weighted by Crippen LogP contribution is 2.16. The molecular weight excluding hydrogens is 252 g/mol. The summed E-state index contributed by atoms with van der Waals surface area (Å²) in [5, 5.41) is 2.77. The van der Waals surface area contributed by atoms with E-state index in [1.54, 1.807) is 42.5 Å². The molecule has 0 aliphatic rings. The van der Waals surface area contributed by atoms with Crippen molar-refractivity contribution in [3.63, 3.8) is 0 Å². The Morgan fingerprint density at radius 2 is 1.85 bits per heavy atom. The summed E-state index contributed by atoms with van der Waals surface area (Å²) in [6.07, 6.45) is 0. The molecule has 0 aromatic heterocycles. The lowest BCUT2D eigenvalue weighted by atomic mass is 10.1. The SMILES string of the molecule is CC(=O)c1cccc(NC(=O)c2cc(N)ccc2C)c1. The van der Waals surface area contributed by atoms with Crippen LogP contribution in [0.2, 0.25) is 0 Å². The number of amides is 1. The van der Waals surface area contributed by atoms with Gasteiger partial charge in [0.1, 0.15) is 0 Å². The quantitative estimate of drug-likeness (QED) is 0.664. The lowest BCUT2D eigenvalue weighted by Gasteiger charge is -2.09. The number of Topliss-reactive ketones (excluding diaryl/α,β-unsaturated/α-hetero) is 1. The maximum absolute atomic E-state index is 12.2. The summed E-state index contributed by atoms with van der Waals surface area (Å²) in [7, 11) is 0. The minimum atomic E-state index is -0.240. The van der Waals surface area contributed by atoms with Crippen molar-refractivity contribution in [3.8, 4) is 0 Å². The van der Waals surface area contributed by atoms with E-state index in [2.05, 4.69) is 5.32 Å². The van der Waals surface area contributed by atoms with Crippen LogP contribution in [0.4, 0.5) is 11.4 Å². The number of carbonyl (C=O) groups excluding carboxylic acids is 2. The molecule has 0 fully saturated rings. The molecule has 102 valence electrons. The van der Waals surface area contributed by atoms with Crippen LogP contribution in [0.15, 0.2) is 42.5 Å². The highest BCUT2D eigenvalue weighted by Gasteiger charge is 2.10. The van der Waals surface area contributed by atoms with Crippen molar-refractivity contribution in [1.82, 2.24) is 0 Å². The predicted molar refractivity (Wildman–Crippen MR) is 80.0 cm³/mol. The lowest BCUT2D eigenvalue weighted by Crippen LogP contribution is -2.14. The molecule has 0 heterocycles. The summed E-state index contributed by atoms with van der Waals surface area (Å²) in [6.45, 7) is 3.34. The van der Waals surface area contributed by atoms with E-state index in [1.165, 1.54) is 6.92 Å². The van der Waals surface area contributed by atoms with Gasteiger partial charge in [0.2, 0.25) is 0 Å². The zero-order valence-corrected chi connectivity index (χ0v) is 11.4. The Morgan fingerprint density at radius 1 is 1.10 bits per heavy atom. The maximum Gasteiger partial charge on any atom is 0.256 e. The Hall–Kier alpha value is -2.62. The van der Waals surface area contributed by atoms with Gasteiger partial charge in [-0.15, -0.1) is 0 Å². The van der Waals surface area contributed by atoms with Crippen molar-refractivity contribution in [3.05, 3.63) is 59.2 Å². The Morgan fingerprint density at radius 3 is 2.55 bits per heavy atom. The first-order chi connectivity index (χ1) is 9.47. The fraction of sp³-hybridized carbons (Fsp3) is 0.125. The van der Waals surface area contributed by atoms with Crippen LogP contribution >= 0.6 is 0 Å². The van der Waals surface area contributed by atoms with Crippen molar-refractivity contribution in [1.29, 1.82) is 0 Å². The number of rotatable bonds is 3. The summed E-state index contributed by atoms with van der Waals surface area (Å²) in [5.74, 6) is -0.281. The van der Waals surface area contributed by atoms with Crippen molar-refractivity contribution in [2.45, 2.75) is 13.8 Å². The standard InChI is InChI=1S/C16H16N2O2/c1-10-6-7-13(17)9-15(10)16(20)18-14-5-3-4-12(8-14)11(2)19/h3-9H,17H2,1-2H3,(H,18,20).